The molecule has 0 aromatic heterocycles. The zero-order chi connectivity index (χ0) is 14.3. The van der Waals surface area contributed by atoms with Gasteiger partial charge in [0, 0.05) is 18.3 Å². The van der Waals surface area contributed by atoms with Crippen molar-refractivity contribution in [3.8, 4) is 5.75 Å². The first kappa shape index (κ1) is 12.7. The molecule has 1 aliphatic rings. The highest BCUT2D eigenvalue weighted by molar-refractivity contribution is 6.10. The van der Waals surface area contributed by atoms with Crippen LogP contribution in [0.25, 0.3) is 0 Å². The van der Waals surface area contributed by atoms with Crippen LogP contribution in [0.15, 0.2) is 48.5 Å². The summed E-state index contributed by atoms with van der Waals surface area (Å²) < 4.78 is 5.45. The Hall–Kier alpha value is -2.29. The number of likely N-dealkylation sites (N-methyl/N-ethyl adjacent to an activating group) is 1. The van der Waals surface area contributed by atoms with Gasteiger partial charge in [-0.2, -0.15) is 0 Å². The van der Waals surface area contributed by atoms with Gasteiger partial charge in [-0.1, -0.05) is 36.4 Å². The lowest BCUT2D eigenvalue weighted by molar-refractivity contribution is -0.121. The second-order valence-corrected chi connectivity index (χ2v) is 5.21. The monoisotopic (exact) mass is 267 g/mol. The van der Waals surface area contributed by atoms with Crippen molar-refractivity contribution < 1.29 is 9.53 Å². The maximum Gasteiger partial charge on any atom is 0.241 e. The Balaban J connectivity index is 2.29. The van der Waals surface area contributed by atoms with Gasteiger partial charge in [-0.3, -0.25) is 4.79 Å². The average Bonchev–Trinajstić information content (AvgIpc) is 2.70. The maximum absolute atomic E-state index is 12.8. The Kier molecular flexibility index (Phi) is 2.78. The lowest BCUT2D eigenvalue weighted by Gasteiger charge is -2.25. The Morgan fingerprint density at radius 2 is 1.60 bits per heavy atom. The summed E-state index contributed by atoms with van der Waals surface area (Å²) in [7, 11) is 3.46. The minimum Gasteiger partial charge on any atom is -0.496 e. The summed E-state index contributed by atoms with van der Waals surface area (Å²) in [6, 6.07) is 15.6. The van der Waals surface area contributed by atoms with Gasteiger partial charge in [0.05, 0.1) is 7.11 Å². The molecule has 0 spiro atoms. The van der Waals surface area contributed by atoms with E-state index in [0.29, 0.717) is 0 Å². The number of methoxy groups -OCH3 is 1. The Morgan fingerprint density at radius 1 is 1.00 bits per heavy atom. The number of para-hydroxylation sites is 2. The van der Waals surface area contributed by atoms with Crippen LogP contribution in [0.5, 0.6) is 5.75 Å². The number of rotatable bonds is 2. The van der Waals surface area contributed by atoms with Crippen molar-refractivity contribution in [1.29, 1.82) is 0 Å². The molecule has 1 aliphatic heterocycles. The number of hydrogen-bond acceptors (Lipinski definition) is 2. The summed E-state index contributed by atoms with van der Waals surface area (Å²) >= 11 is 0. The average molecular weight is 267 g/mol. The maximum atomic E-state index is 12.8. The molecule has 0 fully saturated rings. The predicted octanol–water partition coefficient (Wildman–Crippen LogP) is 2.98. The van der Waals surface area contributed by atoms with E-state index in [0.717, 1.165) is 22.6 Å². The number of carbonyl (C=O) groups is 1. The summed E-state index contributed by atoms with van der Waals surface area (Å²) in [4.78, 5) is 14.5. The Morgan fingerprint density at radius 3 is 2.30 bits per heavy atom. The van der Waals surface area contributed by atoms with Crippen LogP contribution in [0.4, 0.5) is 5.69 Å². The summed E-state index contributed by atoms with van der Waals surface area (Å²) in [5.41, 5.74) is 2.20. The lowest BCUT2D eigenvalue weighted by Crippen LogP contribution is -2.37. The fourth-order valence-corrected chi connectivity index (χ4v) is 3.07. The number of amides is 1. The molecule has 0 aliphatic carbocycles. The van der Waals surface area contributed by atoms with Crippen LogP contribution in [-0.2, 0) is 10.2 Å². The van der Waals surface area contributed by atoms with E-state index in [9.17, 15) is 4.79 Å². The quantitative estimate of drug-likeness (QED) is 0.837. The third-order valence-electron chi connectivity index (χ3n) is 4.18. The van der Waals surface area contributed by atoms with Crippen molar-refractivity contribution in [2.24, 2.45) is 0 Å². The molecule has 1 atom stereocenters. The van der Waals surface area contributed by atoms with Crippen LogP contribution in [0.2, 0.25) is 0 Å². The first-order valence-electron chi connectivity index (χ1n) is 6.62. The summed E-state index contributed by atoms with van der Waals surface area (Å²) in [6.07, 6.45) is 0. The summed E-state index contributed by atoms with van der Waals surface area (Å²) in [5, 5.41) is 0. The van der Waals surface area contributed by atoms with Gasteiger partial charge < -0.3 is 9.64 Å². The van der Waals surface area contributed by atoms with Crippen LogP contribution >= 0.6 is 0 Å². The molecular weight excluding hydrogens is 250 g/mol. The number of hydrogen-bond donors (Lipinski definition) is 0. The van der Waals surface area contributed by atoms with E-state index in [4.69, 9.17) is 4.74 Å². The molecule has 0 radical (unpaired) electrons. The van der Waals surface area contributed by atoms with Gasteiger partial charge in [-0.15, -0.1) is 0 Å². The molecule has 0 saturated carbocycles. The van der Waals surface area contributed by atoms with Crippen molar-refractivity contribution in [1.82, 2.24) is 0 Å². The smallest absolute Gasteiger partial charge is 0.241 e. The number of nitrogens with zero attached hydrogens (tertiary/aromatic N) is 1. The van der Waals surface area contributed by atoms with E-state index in [2.05, 4.69) is 0 Å². The van der Waals surface area contributed by atoms with Crippen molar-refractivity contribution in [2.45, 2.75) is 12.3 Å². The second-order valence-electron chi connectivity index (χ2n) is 5.21. The molecule has 102 valence electrons. The molecular formula is C17H17NO2. The van der Waals surface area contributed by atoms with Gasteiger partial charge in [-0.25, -0.2) is 0 Å². The first-order valence-corrected chi connectivity index (χ1v) is 6.62. The van der Waals surface area contributed by atoms with Crippen LogP contribution in [0, 0.1) is 0 Å². The van der Waals surface area contributed by atoms with E-state index in [1.165, 1.54) is 0 Å². The highest BCUT2D eigenvalue weighted by Gasteiger charge is 2.48. The minimum absolute atomic E-state index is 0.0724. The SMILES string of the molecule is COc1ccccc1[C@]1(C)C(=O)N(C)c2ccccc21. The van der Waals surface area contributed by atoms with E-state index in [1.54, 1.807) is 12.0 Å². The van der Waals surface area contributed by atoms with Crippen molar-refractivity contribution in [3.63, 3.8) is 0 Å². The van der Waals surface area contributed by atoms with Crippen molar-refractivity contribution in [3.05, 3.63) is 59.7 Å². The predicted molar refractivity (Wildman–Crippen MR) is 79.3 cm³/mol. The molecule has 20 heavy (non-hydrogen) atoms. The number of anilines is 1. The Labute approximate surface area is 118 Å². The third kappa shape index (κ3) is 1.49. The topological polar surface area (TPSA) is 29.5 Å². The standard InChI is InChI=1S/C17H17NO2/c1-17(13-9-5-7-11-15(13)20-3)12-8-4-6-10-14(12)18(2)16(17)19/h4-11H,1-3H3/t17-/m1/s1. The van der Waals surface area contributed by atoms with Gasteiger partial charge in [0.2, 0.25) is 5.91 Å². The highest BCUT2D eigenvalue weighted by atomic mass is 16.5. The van der Waals surface area contributed by atoms with Crippen LogP contribution in [-0.4, -0.2) is 20.1 Å². The molecule has 3 nitrogen and oxygen atoms in total. The normalized spacial score (nSPS) is 20.9. The van der Waals surface area contributed by atoms with E-state index in [-0.39, 0.29) is 5.91 Å². The van der Waals surface area contributed by atoms with Crippen LogP contribution in [0.1, 0.15) is 18.1 Å². The molecule has 1 amide bonds. The molecule has 0 saturated heterocycles. The molecule has 3 heteroatoms. The molecule has 0 bridgehead atoms. The van der Waals surface area contributed by atoms with Crippen LogP contribution in [0.3, 0.4) is 0 Å². The molecule has 2 aromatic rings. The number of benzene rings is 2. The molecule has 0 unspecified atom stereocenters. The van der Waals surface area contributed by atoms with Crippen molar-refractivity contribution >= 4 is 11.6 Å². The van der Waals surface area contributed by atoms with Gasteiger partial charge >= 0.3 is 0 Å². The third-order valence-corrected chi connectivity index (χ3v) is 4.18. The lowest BCUT2D eigenvalue weighted by atomic mass is 9.77. The second kappa shape index (κ2) is 4.37. The summed E-state index contributed by atoms with van der Waals surface area (Å²) in [6.45, 7) is 1.97. The fourth-order valence-electron chi connectivity index (χ4n) is 3.07. The van der Waals surface area contributed by atoms with Gasteiger partial charge in [-0.05, 0) is 24.6 Å². The number of carbonyl (C=O) groups excluding carboxylic acids is 1. The summed E-state index contributed by atoms with van der Waals surface area (Å²) in [5.74, 6) is 0.816. The largest absolute Gasteiger partial charge is 0.496 e. The van der Waals surface area contributed by atoms with Gasteiger partial charge in [0.15, 0.2) is 0 Å². The zero-order valence-electron chi connectivity index (χ0n) is 11.9. The van der Waals surface area contributed by atoms with E-state index < -0.39 is 5.41 Å². The molecule has 3 rings (SSSR count). The first-order chi connectivity index (χ1) is 9.60. The van der Waals surface area contributed by atoms with Crippen LogP contribution < -0.4 is 9.64 Å². The number of fused-ring (bicyclic) bond motifs is 1. The van der Waals surface area contributed by atoms with Crippen molar-refractivity contribution in [2.75, 3.05) is 19.1 Å². The minimum atomic E-state index is -0.696. The Bertz CT molecular complexity index is 680. The zero-order valence-corrected chi connectivity index (χ0v) is 11.9. The highest BCUT2D eigenvalue weighted by Crippen LogP contribution is 2.47. The van der Waals surface area contributed by atoms with Gasteiger partial charge in [0.1, 0.15) is 11.2 Å². The molecule has 0 N–H and O–H groups in total. The fraction of sp³-hybridized carbons (Fsp3) is 0.235. The number of ether oxygens (including phenoxy) is 1. The van der Waals surface area contributed by atoms with E-state index >= 15 is 0 Å². The van der Waals surface area contributed by atoms with E-state index in [1.807, 2.05) is 62.5 Å². The molecule has 2 aromatic carbocycles. The molecule has 1 heterocycles. The van der Waals surface area contributed by atoms with Gasteiger partial charge in [0.25, 0.3) is 0 Å².